The van der Waals surface area contributed by atoms with Crippen molar-refractivity contribution < 1.29 is 36.9 Å². The Bertz CT molecular complexity index is 1730. The highest BCUT2D eigenvalue weighted by atomic mass is 35.5. The van der Waals surface area contributed by atoms with E-state index < -0.39 is 35.9 Å². The predicted octanol–water partition coefficient (Wildman–Crippen LogP) is 5.37. The molecule has 1 atom stereocenters. The van der Waals surface area contributed by atoms with Gasteiger partial charge in [-0.2, -0.15) is 5.10 Å². The fourth-order valence-electron chi connectivity index (χ4n) is 4.86. The molecule has 2 aromatic carbocycles. The molecule has 1 aliphatic heterocycles. The number of carbonyl (C=O) groups excluding carboxylic acids is 1. The van der Waals surface area contributed by atoms with Gasteiger partial charge in [-0.25, -0.2) is 42.0 Å². The lowest BCUT2D eigenvalue weighted by molar-refractivity contribution is -0.0455. The summed E-state index contributed by atoms with van der Waals surface area (Å²) < 4.78 is 67.1. The normalized spacial score (nSPS) is 14.3. The van der Waals surface area contributed by atoms with Gasteiger partial charge in [0.05, 0.1) is 48.2 Å². The molecule has 1 aliphatic rings. The van der Waals surface area contributed by atoms with Crippen LogP contribution in [0.25, 0.3) is 11.3 Å². The van der Waals surface area contributed by atoms with Gasteiger partial charge in [0, 0.05) is 35.6 Å². The molecule has 4 aromatic rings. The quantitative estimate of drug-likeness (QED) is 0.213. The number of amides is 1. The lowest BCUT2D eigenvalue weighted by Crippen LogP contribution is -2.34. The first-order valence-electron chi connectivity index (χ1n) is 13.3. The van der Waals surface area contributed by atoms with Gasteiger partial charge in [-0.15, -0.1) is 0 Å². The molecule has 0 unspecified atom stereocenters. The third-order valence-corrected chi connectivity index (χ3v) is 7.37. The fraction of sp³-hybridized carbons (Fsp3) is 0.321. The summed E-state index contributed by atoms with van der Waals surface area (Å²) >= 11 is 12.9. The standard InChI is InChI=1S/C28H25Cl2F4N7O4/c1-27(33,34)12-45-26(42)40-9-17-21(10-40)38-25(35)39-24(17)23-19(30)6-15(29)7-22(23)44-5-4-28(43,11-41-14-36-13-37-41)18-3-2-16(31)8-20(18)32/h2-3,6-8,13-14,43H,4-5,9-12H2,1H3,(H2,35,38,39)/t28-/m1/s1. The van der Waals surface area contributed by atoms with E-state index in [9.17, 15) is 27.5 Å². The summed E-state index contributed by atoms with van der Waals surface area (Å²) in [6, 6.07) is 5.67. The summed E-state index contributed by atoms with van der Waals surface area (Å²) in [7, 11) is 0. The Hall–Kier alpha value is -4.21. The van der Waals surface area contributed by atoms with Crippen molar-refractivity contribution in [3.8, 4) is 17.0 Å². The minimum Gasteiger partial charge on any atom is -0.493 e. The Morgan fingerprint density at radius 2 is 1.93 bits per heavy atom. The minimum atomic E-state index is -3.22. The lowest BCUT2D eigenvalue weighted by atomic mass is 9.90. The number of alkyl halides is 2. The average Bonchev–Trinajstić information content (AvgIpc) is 3.60. The molecule has 0 spiro atoms. The molecule has 1 amide bonds. The first-order chi connectivity index (χ1) is 21.2. The molecule has 0 saturated carbocycles. The smallest absolute Gasteiger partial charge is 0.410 e. The van der Waals surface area contributed by atoms with Crippen LogP contribution in [0.2, 0.25) is 10.0 Å². The van der Waals surface area contributed by atoms with Crippen LogP contribution in [-0.2, 0) is 30.0 Å². The van der Waals surface area contributed by atoms with Crippen molar-refractivity contribution in [1.82, 2.24) is 29.6 Å². The van der Waals surface area contributed by atoms with Crippen molar-refractivity contribution in [2.45, 2.75) is 44.5 Å². The number of carbonyl (C=O) groups is 1. The van der Waals surface area contributed by atoms with E-state index in [0.29, 0.717) is 24.2 Å². The molecule has 5 rings (SSSR count). The van der Waals surface area contributed by atoms with Crippen LogP contribution in [0.5, 0.6) is 5.75 Å². The topological polar surface area (TPSA) is 142 Å². The van der Waals surface area contributed by atoms with Crippen molar-refractivity contribution in [3.63, 3.8) is 0 Å². The number of hydrogen-bond donors (Lipinski definition) is 2. The van der Waals surface area contributed by atoms with Gasteiger partial charge in [0.15, 0.2) is 6.61 Å². The molecule has 11 nitrogen and oxygen atoms in total. The second kappa shape index (κ2) is 12.7. The van der Waals surface area contributed by atoms with E-state index in [4.69, 9.17) is 38.4 Å². The molecule has 2 aromatic heterocycles. The van der Waals surface area contributed by atoms with E-state index >= 15 is 0 Å². The van der Waals surface area contributed by atoms with E-state index in [-0.39, 0.29) is 71.2 Å². The highest BCUT2D eigenvalue weighted by molar-refractivity contribution is 6.37. The van der Waals surface area contributed by atoms with E-state index in [1.807, 2.05) is 0 Å². The first kappa shape index (κ1) is 32.2. The van der Waals surface area contributed by atoms with Gasteiger partial charge in [0.25, 0.3) is 5.92 Å². The van der Waals surface area contributed by atoms with Gasteiger partial charge in [-0.3, -0.25) is 4.90 Å². The molecule has 3 heterocycles. The molecule has 0 fully saturated rings. The molecular weight excluding hydrogens is 645 g/mol. The highest BCUT2D eigenvalue weighted by Crippen LogP contribution is 2.43. The summed E-state index contributed by atoms with van der Waals surface area (Å²) in [5.74, 6) is -5.07. The van der Waals surface area contributed by atoms with Gasteiger partial charge >= 0.3 is 6.09 Å². The SMILES string of the molecule is CC(F)(F)COC(=O)N1Cc2nc(N)nc(-c3c(Cl)cc(Cl)cc3OCC[C@@](O)(Cn3cncn3)c3ccc(F)cc3F)c2C1. The van der Waals surface area contributed by atoms with Crippen LogP contribution in [0.3, 0.4) is 0 Å². The summed E-state index contributed by atoms with van der Waals surface area (Å²) in [5.41, 5.74) is 5.01. The Morgan fingerprint density at radius 1 is 1.16 bits per heavy atom. The Labute approximate surface area is 263 Å². The van der Waals surface area contributed by atoms with Gasteiger partial charge in [0.1, 0.15) is 35.6 Å². The maximum Gasteiger partial charge on any atom is 0.410 e. The molecule has 0 bridgehead atoms. The van der Waals surface area contributed by atoms with Crippen LogP contribution in [0.4, 0.5) is 28.3 Å². The third-order valence-electron chi connectivity index (χ3n) is 6.86. The zero-order valence-electron chi connectivity index (χ0n) is 23.5. The molecule has 17 heteroatoms. The van der Waals surface area contributed by atoms with E-state index in [1.54, 1.807) is 0 Å². The van der Waals surface area contributed by atoms with Gasteiger partial charge in [0.2, 0.25) is 5.95 Å². The number of nitrogens with two attached hydrogens (primary N) is 1. The summed E-state index contributed by atoms with van der Waals surface area (Å²) in [5, 5.41) is 15.9. The number of ether oxygens (including phenoxy) is 2. The van der Waals surface area contributed by atoms with Gasteiger partial charge in [-0.05, 0) is 18.2 Å². The molecule has 238 valence electrons. The number of aliphatic hydroxyl groups is 1. The van der Waals surface area contributed by atoms with E-state index in [1.165, 1.54) is 29.5 Å². The van der Waals surface area contributed by atoms with Crippen LogP contribution in [0.15, 0.2) is 43.0 Å². The van der Waals surface area contributed by atoms with Crippen molar-refractivity contribution in [2.24, 2.45) is 0 Å². The zero-order chi connectivity index (χ0) is 32.5. The number of halogens is 6. The third kappa shape index (κ3) is 7.37. The number of hydrogen-bond acceptors (Lipinski definition) is 9. The molecule has 0 radical (unpaired) electrons. The molecule has 45 heavy (non-hydrogen) atoms. The van der Waals surface area contributed by atoms with Crippen LogP contribution < -0.4 is 10.5 Å². The zero-order valence-corrected chi connectivity index (χ0v) is 25.0. The molecule has 0 aliphatic carbocycles. The highest BCUT2D eigenvalue weighted by Gasteiger charge is 2.35. The molecule has 0 saturated heterocycles. The number of anilines is 1. The number of nitrogens with zero attached hydrogens (tertiary/aromatic N) is 6. The van der Waals surface area contributed by atoms with Crippen molar-refractivity contribution in [3.05, 3.63) is 81.5 Å². The number of rotatable bonds is 10. The van der Waals surface area contributed by atoms with Gasteiger partial charge in [-0.1, -0.05) is 29.3 Å². The second-order valence-corrected chi connectivity index (χ2v) is 11.3. The molecule has 3 N–H and O–H groups in total. The average molecular weight is 670 g/mol. The van der Waals surface area contributed by atoms with Crippen LogP contribution in [-0.4, -0.2) is 60.0 Å². The monoisotopic (exact) mass is 669 g/mol. The number of benzene rings is 2. The van der Waals surface area contributed by atoms with Crippen LogP contribution in [0, 0.1) is 11.6 Å². The predicted molar refractivity (Wildman–Crippen MR) is 154 cm³/mol. The molecular formula is C28H25Cl2F4N7O4. The van der Waals surface area contributed by atoms with Crippen LogP contribution in [0.1, 0.15) is 30.2 Å². The maximum absolute atomic E-state index is 14.9. The lowest BCUT2D eigenvalue weighted by Gasteiger charge is -2.29. The van der Waals surface area contributed by atoms with Crippen LogP contribution >= 0.6 is 23.2 Å². The maximum atomic E-state index is 14.9. The number of nitrogen functional groups attached to an aromatic ring is 1. The minimum absolute atomic E-state index is 0.0897. The summed E-state index contributed by atoms with van der Waals surface area (Å²) in [6.07, 6.45) is 1.36. The first-order valence-corrected chi connectivity index (χ1v) is 14.1. The Morgan fingerprint density at radius 3 is 2.62 bits per heavy atom. The number of aromatic nitrogens is 5. The van der Waals surface area contributed by atoms with Crippen molar-refractivity contribution >= 4 is 35.2 Å². The van der Waals surface area contributed by atoms with E-state index in [2.05, 4.69) is 20.1 Å². The van der Waals surface area contributed by atoms with Crippen molar-refractivity contribution in [1.29, 1.82) is 0 Å². The Balaban J connectivity index is 1.44. The number of fused-ring (bicyclic) bond motifs is 1. The summed E-state index contributed by atoms with van der Waals surface area (Å²) in [4.78, 5) is 26.0. The Kier molecular flexibility index (Phi) is 9.05. The fourth-order valence-corrected chi connectivity index (χ4v) is 5.43. The summed E-state index contributed by atoms with van der Waals surface area (Å²) in [6.45, 7) is -1.17. The van der Waals surface area contributed by atoms with E-state index in [0.717, 1.165) is 17.0 Å². The van der Waals surface area contributed by atoms with Crippen molar-refractivity contribution in [2.75, 3.05) is 18.9 Å². The van der Waals surface area contributed by atoms with Gasteiger partial charge < -0.3 is 20.3 Å². The largest absolute Gasteiger partial charge is 0.493 e. The second-order valence-electron chi connectivity index (χ2n) is 10.4.